The molecule has 1 saturated heterocycles. The fraction of sp³-hybridized carbons (Fsp3) is 0.333. The third-order valence-electron chi connectivity index (χ3n) is 3.48. The minimum atomic E-state index is -0.0825. The van der Waals surface area contributed by atoms with Gasteiger partial charge in [0.25, 0.3) is 0 Å². The summed E-state index contributed by atoms with van der Waals surface area (Å²) in [5.41, 5.74) is 1.07. The normalized spacial score (nSPS) is 17.0. The molecule has 22 heavy (non-hydrogen) atoms. The number of nitrogens with one attached hydrogen (secondary N) is 2. The molecule has 7 heteroatoms. The van der Waals surface area contributed by atoms with E-state index in [1.165, 1.54) is 11.3 Å². The van der Waals surface area contributed by atoms with Crippen LogP contribution in [0.25, 0.3) is 0 Å². The first kappa shape index (κ1) is 17.2. The second-order valence-electron chi connectivity index (χ2n) is 5.04. The van der Waals surface area contributed by atoms with Crippen LogP contribution in [0.15, 0.2) is 30.5 Å². The number of anilines is 1. The zero-order chi connectivity index (χ0) is 14.7. The van der Waals surface area contributed by atoms with Crippen LogP contribution in [0.5, 0.6) is 0 Å². The van der Waals surface area contributed by atoms with Gasteiger partial charge in [0.05, 0.1) is 6.04 Å². The van der Waals surface area contributed by atoms with Gasteiger partial charge >= 0.3 is 0 Å². The molecule has 0 aliphatic carbocycles. The molecule has 1 aliphatic heterocycles. The van der Waals surface area contributed by atoms with Gasteiger partial charge in [0.15, 0.2) is 5.13 Å². The van der Waals surface area contributed by atoms with Gasteiger partial charge < -0.3 is 10.6 Å². The number of amides is 1. The molecule has 2 N–H and O–H groups in total. The molecule has 1 amide bonds. The van der Waals surface area contributed by atoms with Gasteiger partial charge in [-0.25, -0.2) is 4.98 Å². The van der Waals surface area contributed by atoms with Crippen LogP contribution in [0, 0.1) is 0 Å². The fourth-order valence-electron chi connectivity index (χ4n) is 2.38. The first-order chi connectivity index (χ1) is 10.2. The van der Waals surface area contributed by atoms with E-state index in [1.807, 2.05) is 24.3 Å². The Bertz CT molecular complexity index is 641. The molecule has 1 atom stereocenters. The largest absolute Gasteiger partial charge is 0.306 e. The molecule has 0 radical (unpaired) electrons. The van der Waals surface area contributed by atoms with Gasteiger partial charge in [0, 0.05) is 22.5 Å². The lowest BCUT2D eigenvalue weighted by Gasteiger charge is -2.08. The second kappa shape index (κ2) is 7.92. The summed E-state index contributed by atoms with van der Waals surface area (Å²) >= 11 is 7.65. The van der Waals surface area contributed by atoms with Crippen molar-refractivity contribution in [1.29, 1.82) is 0 Å². The zero-order valence-electron chi connectivity index (χ0n) is 11.8. The Balaban J connectivity index is 0.00000176. The van der Waals surface area contributed by atoms with Crippen molar-refractivity contribution in [1.82, 2.24) is 10.3 Å². The van der Waals surface area contributed by atoms with Crippen LogP contribution in [-0.2, 0) is 11.2 Å². The smallest absolute Gasteiger partial charge is 0.243 e. The second-order valence-corrected chi connectivity index (χ2v) is 6.56. The lowest BCUT2D eigenvalue weighted by atomic mass is 10.1. The van der Waals surface area contributed by atoms with Crippen molar-refractivity contribution in [2.75, 3.05) is 11.9 Å². The number of benzene rings is 1. The van der Waals surface area contributed by atoms with Gasteiger partial charge in [0.1, 0.15) is 0 Å². The van der Waals surface area contributed by atoms with Crippen molar-refractivity contribution in [3.05, 3.63) is 45.9 Å². The molecule has 0 saturated carbocycles. The molecule has 1 unspecified atom stereocenters. The van der Waals surface area contributed by atoms with E-state index in [0.717, 1.165) is 41.3 Å². The number of thiazole rings is 1. The van der Waals surface area contributed by atoms with Crippen molar-refractivity contribution >= 4 is 46.4 Å². The van der Waals surface area contributed by atoms with E-state index in [2.05, 4.69) is 15.6 Å². The number of hydrogen-bond acceptors (Lipinski definition) is 4. The van der Waals surface area contributed by atoms with Gasteiger partial charge in [0.2, 0.25) is 5.91 Å². The predicted molar refractivity (Wildman–Crippen MR) is 93.3 cm³/mol. The van der Waals surface area contributed by atoms with Crippen molar-refractivity contribution in [3.63, 3.8) is 0 Å². The molecule has 118 valence electrons. The highest BCUT2D eigenvalue weighted by atomic mass is 35.5. The summed E-state index contributed by atoms with van der Waals surface area (Å²) in [5, 5.41) is 7.46. The lowest BCUT2D eigenvalue weighted by Crippen LogP contribution is -2.35. The Kier molecular flexibility index (Phi) is 6.20. The zero-order valence-corrected chi connectivity index (χ0v) is 14.2. The van der Waals surface area contributed by atoms with Crippen molar-refractivity contribution in [2.24, 2.45) is 0 Å². The van der Waals surface area contributed by atoms with E-state index < -0.39 is 0 Å². The average molecular weight is 358 g/mol. The first-order valence-corrected chi connectivity index (χ1v) is 8.14. The minimum Gasteiger partial charge on any atom is -0.306 e. The Labute approximate surface area is 144 Å². The van der Waals surface area contributed by atoms with Gasteiger partial charge in [-0.05, 0) is 31.0 Å². The molecular formula is C15H17Cl2N3OS. The average Bonchev–Trinajstić information content (AvgIpc) is 3.13. The molecule has 1 aromatic heterocycles. The predicted octanol–water partition coefficient (Wildman–Crippen LogP) is 3.50. The highest BCUT2D eigenvalue weighted by Crippen LogP contribution is 2.25. The number of aromatic nitrogens is 1. The van der Waals surface area contributed by atoms with Gasteiger partial charge in [-0.15, -0.1) is 23.7 Å². The van der Waals surface area contributed by atoms with Crippen LogP contribution in [0.3, 0.4) is 0 Å². The molecule has 1 fully saturated rings. The summed E-state index contributed by atoms with van der Waals surface area (Å²) in [5.74, 6) is 0.00569. The minimum absolute atomic E-state index is 0. The number of rotatable bonds is 4. The van der Waals surface area contributed by atoms with Crippen LogP contribution < -0.4 is 10.6 Å². The molecule has 0 bridgehead atoms. The summed E-state index contributed by atoms with van der Waals surface area (Å²) in [6.07, 6.45) is 4.47. The fourth-order valence-corrected chi connectivity index (χ4v) is 3.42. The molecule has 3 rings (SSSR count). The van der Waals surface area contributed by atoms with Crippen LogP contribution in [0.1, 0.15) is 23.3 Å². The van der Waals surface area contributed by atoms with E-state index in [1.54, 1.807) is 6.20 Å². The number of nitrogens with zero attached hydrogens (tertiary/aromatic N) is 1. The summed E-state index contributed by atoms with van der Waals surface area (Å²) < 4.78 is 0. The monoisotopic (exact) mass is 357 g/mol. The summed E-state index contributed by atoms with van der Waals surface area (Å²) in [7, 11) is 0. The van der Waals surface area contributed by atoms with Crippen molar-refractivity contribution < 1.29 is 4.79 Å². The maximum absolute atomic E-state index is 12.0. The van der Waals surface area contributed by atoms with Gasteiger partial charge in [-0.2, -0.15) is 0 Å². The van der Waals surface area contributed by atoms with E-state index >= 15 is 0 Å². The number of carbonyl (C=O) groups excluding carboxylic acids is 1. The maximum atomic E-state index is 12.0. The topological polar surface area (TPSA) is 54.0 Å². The SMILES string of the molecule is Cl.O=C(Nc1ncc(Cc2ccccc2Cl)s1)C1CCCN1. The highest BCUT2D eigenvalue weighted by molar-refractivity contribution is 7.15. The van der Waals surface area contributed by atoms with Crippen LogP contribution >= 0.6 is 35.3 Å². The molecule has 4 nitrogen and oxygen atoms in total. The lowest BCUT2D eigenvalue weighted by molar-refractivity contribution is -0.117. The number of hydrogen-bond donors (Lipinski definition) is 2. The van der Waals surface area contributed by atoms with E-state index in [9.17, 15) is 4.79 Å². The van der Waals surface area contributed by atoms with Gasteiger partial charge in [-0.3, -0.25) is 4.79 Å². The molecular weight excluding hydrogens is 341 g/mol. The highest BCUT2D eigenvalue weighted by Gasteiger charge is 2.22. The van der Waals surface area contributed by atoms with Crippen molar-refractivity contribution in [3.8, 4) is 0 Å². The van der Waals surface area contributed by atoms with Gasteiger partial charge in [-0.1, -0.05) is 29.8 Å². The number of halogens is 2. The van der Waals surface area contributed by atoms with E-state index in [0.29, 0.717) is 5.13 Å². The first-order valence-electron chi connectivity index (χ1n) is 6.95. The Morgan fingerprint density at radius 1 is 1.45 bits per heavy atom. The van der Waals surface area contributed by atoms with Crippen LogP contribution in [0.4, 0.5) is 5.13 Å². The standard InChI is InChI=1S/C15H16ClN3OS.ClH/c16-12-5-2-1-4-10(12)8-11-9-18-15(21-11)19-14(20)13-6-3-7-17-13;/h1-2,4-5,9,13,17H,3,6-8H2,(H,18,19,20);1H. The molecule has 2 aromatic rings. The summed E-state index contributed by atoms with van der Waals surface area (Å²) in [6.45, 7) is 0.910. The van der Waals surface area contributed by atoms with Crippen LogP contribution in [0.2, 0.25) is 5.02 Å². The summed E-state index contributed by atoms with van der Waals surface area (Å²) in [6, 6.07) is 7.69. The molecule has 2 heterocycles. The molecule has 0 spiro atoms. The Morgan fingerprint density at radius 2 is 2.27 bits per heavy atom. The quantitative estimate of drug-likeness (QED) is 0.880. The van der Waals surface area contributed by atoms with Crippen molar-refractivity contribution in [2.45, 2.75) is 25.3 Å². The molecule has 1 aliphatic rings. The van der Waals surface area contributed by atoms with E-state index in [4.69, 9.17) is 11.6 Å². The van der Waals surface area contributed by atoms with Crippen LogP contribution in [-0.4, -0.2) is 23.5 Å². The Hall–Kier alpha value is -1.14. The number of carbonyl (C=O) groups is 1. The van der Waals surface area contributed by atoms with E-state index in [-0.39, 0.29) is 24.4 Å². The Morgan fingerprint density at radius 3 is 3.00 bits per heavy atom. The third kappa shape index (κ3) is 4.20. The third-order valence-corrected chi connectivity index (χ3v) is 4.76. The summed E-state index contributed by atoms with van der Waals surface area (Å²) in [4.78, 5) is 17.4. The maximum Gasteiger partial charge on any atom is 0.243 e. The molecule has 1 aromatic carbocycles.